The van der Waals surface area contributed by atoms with Crippen molar-refractivity contribution >= 4 is 24.4 Å². The van der Waals surface area contributed by atoms with Crippen LogP contribution in [0.5, 0.6) is 0 Å². The number of halogens is 6. The summed E-state index contributed by atoms with van der Waals surface area (Å²) in [5.41, 5.74) is 8.90. The Bertz CT molecular complexity index is 977. The van der Waals surface area contributed by atoms with Crippen LogP contribution < -0.4 is 16.9 Å². The average molecular weight is 534 g/mol. The Morgan fingerprint density at radius 3 is 1.51 bits per heavy atom. The van der Waals surface area contributed by atoms with Gasteiger partial charge in [0.25, 0.3) is 0 Å². The molecule has 0 bridgehead atoms. The fourth-order valence-electron chi connectivity index (χ4n) is 2.43. The van der Waals surface area contributed by atoms with Gasteiger partial charge < -0.3 is 21.5 Å². The fraction of sp³-hybridized carbons (Fsp3) is 0.250. The number of rotatable bonds is 5. The summed E-state index contributed by atoms with van der Waals surface area (Å²) < 4.78 is 72.8. The molecule has 0 aliphatic heterocycles. The molecule has 0 aliphatic rings. The van der Waals surface area contributed by atoms with Gasteiger partial charge in [-0.15, -0.1) is 13.2 Å². The van der Waals surface area contributed by atoms with Crippen LogP contribution >= 0.6 is 0 Å². The van der Waals surface area contributed by atoms with E-state index < -0.39 is 42.4 Å². The predicted octanol–water partition coefficient (Wildman–Crippen LogP) is 3.92. The Labute approximate surface area is 211 Å². The Balaban J connectivity index is 0. The number of hydrogen-bond acceptors (Lipinski definition) is 4. The number of amides is 2. The molecule has 0 unspecified atom stereocenters. The molecule has 204 valence electrons. The normalized spacial score (nSPS) is 11.5. The largest absolute Gasteiger partial charge is 0.488 e. The quantitative estimate of drug-likeness (QED) is 0.201. The average Bonchev–Trinajstić information content (AvgIpc) is 2.80. The van der Waals surface area contributed by atoms with Crippen LogP contribution in [0.1, 0.15) is 42.9 Å². The topological polar surface area (TPSA) is 127 Å². The molecule has 0 spiro atoms. The van der Waals surface area contributed by atoms with Crippen LogP contribution in [0.25, 0.3) is 0 Å². The van der Waals surface area contributed by atoms with E-state index in [9.17, 15) is 35.9 Å². The maximum Gasteiger partial charge on any atom is 0.488 e. The number of allylic oxidation sites excluding steroid dienone is 1. The first-order valence-electron chi connectivity index (χ1n) is 10.4. The first-order chi connectivity index (χ1) is 17.0. The zero-order valence-electron chi connectivity index (χ0n) is 20.2. The maximum atomic E-state index is 12.3. The van der Waals surface area contributed by atoms with E-state index in [0.717, 1.165) is 36.4 Å². The lowest BCUT2D eigenvalue weighted by atomic mass is 9.80. The van der Waals surface area contributed by atoms with Crippen LogP contribution in [-0.2, 0) is 21.9 Å². The molecule has 0 aliphatic carbocycles. The van der Waals surface area contributed by atoms with E-state index in [0.29, 0.717) is 5.56 Å². The molecule has 0 aromatic heterocycles. The second-order valence-electron chi connectivity index (χ2n) is 7.09. The molecular weight excluding hydrogens is 505 g/mol. The minimum Gasteiger partial charge on any atom is -0.423 e. The van der Waals surface area contributed by atoms with Crippen molar-refractivity contribution in [3.63, 3.8) is 0 Å². The lowest BCUT2D eigenvalue weighted by molar-refractivity contribution is -0.138. The molecular formula is C24H29BF6N2O4. The van der Waals surface area contributed by atoms with Crippen molar-refractivity contribution in [2.24, 2.45) is 11.5 Å². The van der Waals surface area contributed by atoms with Gasteiger partial charge in [-0.25, -0.2) is 0 Å². The SMILES string of the molecule is C/C=C/C(N)=O.C=C.C[C@H](CC(N)=O)c1ccc(C(F)(F)F)cc1.OB(O)c1ccc(C(F)(F)F)cc1. The van der Waals surface area contributed by atoms with Gasteiger partial charge in [0.05, 0.1) is 11.1 Å². The highest BCUT2D eigenvalue weighted by atomic mass is 19.4. The molecule has 0 radical (unpaired) electrons. The monoisotopic (exact) mass is 534 g/mol. The number of carbonyl (C=O) groups excluding carboxylic acids is 2. The van der Waals surface area contributed by atoms with Crippen LogP contribution in [0.15, 0.2) is 73.8 Å². The Hall–Kier alpha value is -3.58. The molecule has 0 fully saturated rings. The highest BCUT2D eigenvalue weighted by molar-refractivity contribution is 6.58. The number of alkyl halides is 6. The molecule has 2 aromatic rings. The Morgan fingerprint density at radius 2 is 1.27 bits per heavy atom. The minimum absolute atomic E-state index is 0.0352. The highest BCUT2D eigenvalue weighted by Crippen LogP contribution is 2.30. The summed E-state index contributed by atoms with van der Waals surface area (Å²) in [5.74, 6) is -1.02. The Kier molecular flexibility index (Phi) is 16.3. The van der Waals surface area contributed by atoms with Crippen molar-refractivity contribution in [1.82, 2.24) is 0 Å². The predicted molar refractivity (Wildman–Crippen MR) is 130 cm³/mol. The van der Waals surface area contributed by atoms with E-state index >= 15 is 0 Å². The molecule has 6 N–H and O–H groups in total. The van der Waals surface area contributed by atoms with Crippen molar-refractivity contribution in [2.75, 3.05) is 0 Å². The summed E-state index contributed by atoms with van der Waals surface area (Å²) in [6, 6.07) is 8.40. The molecule has 6 nitrogen and oxygen atoms in total. The van der Waals surface area contributed by atoms with Gasteiger partial charge in [-0.3, -0.25) is 9.59 Å². The molecule has 2 amide bonds. The molecule has 1 atom stereocenters. The number of primary amides is 2. The van der Waals surface area contributed by atoms with Gasteiger partial charge in [0.15, 0.2) is 0 Å². The number of benzene rings is 2. The van der Waals surface area contributed by atoms with Gasteiger partial charge in [0.2, 0.25) is 11.8 Å². The molecule has 37 heavy (non-hydrogen) atoms. The van der Waals surface area contributed by atoms with Gasteiger partial charge in [0.1, 0.15) is 0 Å². The number of hydrogen-bond donors (Lipinski definition) is 4. The maximum absolute atomic E-state index is 12.3. The van der Waals surface area contributed by atoms with E-state index in [1.165, 1.54) is 18.2 Å². The van der Waals surface area contributed by atoms with Crippen molar-refractivity contribution in [2.45, 2.75) is 38.5 Å². The summed E-state index contributed by atoms with van der Waals surface area (Å²) in [6.07, 6.45) is -5.68. The third-order valence-corrected chi connectivity index (χ3v) is 4.18. The lowest BCUT2D eigenvalue weighted by Gasteiger charge is -2.11. The van der Waals surface area contributed by atoms with Crippen molar-refractivity contribution in [3.8, 4) is 0 Å². The fourth-order valence-corrected chi connectivity index (χ4v) is 2.43. The summed E-state index contributed by atoms with van der Waals surface area (Å²) in [4.78, 5) is 20.4. The zero-order valence-corrected chi connectivity index (χ0v) is 20.2. The molecule has 0 heterocycles. The van der Waals surface area contributed by atoms with E-state index in [1.807, 2.05) is 0 Å². The van der Waals surface area contributed by atoms with E-state index in [2.05, 4.69) is 18.9 Å². The van der Waals surface area contributed by atoms with Crippen LogP contribution in [0.4, 0.5) is 26.3 Å². The molecule has 13 heteroatoms. The number of nitrogens with two attached hydrogens (primary N) is 2. The third kappa shape index (κ3) is 15.9. The smallest absolute Gasteiger partial charge is 0.423 e. The minimum atomic E-state index is -4.39. The van der Waals surface area contributed by atoms with Gasteiger partial charge in [-0.05, 0) is 42.1 Å². The van der Waals surface area contributed by atoms with Gasteiger partial charge in [-0.1, -0.05) is 49.4 Å². The second-order valence-corrected chi connectivity index (χ2v) is 7.09. The van der Waals surface area contributed by atoms with Gasteiger partial charge >= 0.3 is 19.5 Å². The van der Waals surface area contributed by atoms with Crippen molar-refractivity contribution in [3.05, 3.63) is 90.5 Å². The van der Waals surface area contributed by atoms with Crippen molar-refractivity contribution in [1.29, 1.82) is 0 Å². The molecule has 0 saturated carbocycles. The zero-order chi connectivity index (χ0) is 29.4. The van der Waals surface area contributed by atoms with Crippen LogP contribution in [0.3, 0.4) is 0 Å². The first kappa shape index (κ1) is 35.6. The molecule has 0 saturated heterocycles. The Morgan fingerprint density at radius 1 is 0.892 bits per heavy atom. The van der Waals surface area contributed by atoms with Crippen molar-refractivity contribution < 1.29 is 46.0 Å². The van der Waals surface area contributed by atoms with E-state index in [4.69, 9.17) is 15.8 Å². The van der Waals surface area contributed by atoms with E-state index in [-0.39, 0.29) is 17.8 Å². The van der Waals surface area contributed by atoms with Gasteiger partial charge in [0, 0.05) is 6.42 Å². The van der Waals surface area contributed by atoms with E-state index in [1.54, 1.807) is 19.9 Å². The second kappa shape index (κ2) is 17.0. The highest BCUT2D eigenvalue weighted by Gasteiger charge is 2.31. The van der Waals surface area contributed by atoms with Crippen LogP contribution in [0.2, 0.25) is 0 Å². The molecule has 2 rings (SSSR count). The van der Waals surface area contributed by atoms with Crippen LogP contribution in [-0.4, -0.2) is 29.0 Å². The van der Waals surface area contributed by atoms with Crippen LogP contribution in [0, 0.1) is 0 Å². The number of carbonyl (C=O) groups is 2. The van der Waals surface area contributed by atoms with Gasteiger partial charge in [-0.2, -0.15) is 26.3 Å². The summed E-state index contributed by atoms with van der Waals surface area (Å²) in [7, 11) is -1.73. The summed E-state index contributed by atoms with van der Waals surface area (Å²) in [5, 5.41) is 17.2. The summed E-state index contributed by atoms with van der Waals surface area (Å²) in [6.45, 7) is 9.48. The lowest BCUT2D eigenvalue weighted by Crippen LogP contribution is -2.29. The first-order valence-corrected chi connectivity index (χ1v) is 10.4. The standard InChI is InChI=1S/C11H12F3NO.C7H6BF3O2.C4H7NO.C2H4/c1-7(6-10(15)16)8-2-4-9(5-3-8)11(12,13)14;9-7(10,11)5-1-3-6(4-2-5)8(12)13;1-2-3-4(5)6;1-2/h2-5,7H,6H2,1H3,(H2,15,16);1-4,12-13H;2-3H,1H3,(H2,5,6);1-2H2/b;;3-2+;/t7-;;;/m1.../s1. The molecule has 2 aromatic carbocycles. The summed E-state index contributed by atoms with van der Waals surface area (Å²) >= 11 is 0. The third-order valence-electron chi connectivity index (χ3n) is 4.18.